The van der Waals surface area contributed by atoms with E-state index in [1.807, 2.05) is 0 Å². The molecule has 0 aliphatic heterocycles. The Morgan fingerprint density at radius 2 is 1.54 bits per heavy atom. The first kappa shape index (κ1) is 14.8. The molecule has 0 N–H and O–H groups in total. The second-order valence-corrected chi connectivity index (χ2v) is 18.3. The van der Waals surface area contributed by atoms with Gasteiger partial charge in [-0.15, -0.1) is 55.4 Å². The molecule has 0 saturated heterocycles. The molecule has 8 heteroatoms. The summed E-state index contributed by atoms with van der Waals surface area (Å²) in [7, 11) is 1.70. The molecular weight excluding hydrogens is 307 g/mol. The van der Waals surface area contributed by atoms with Gasteiger partial charge in [0.15, 0.2) is 0 Å². The third kappa shape index (κ3) is 5.47. The summed E-state index contributed by atoms with van der Waals surface area (Å²) in [6.45, 7) is -0.445. The highest BCUT2D eigenvalue weighted by Crippen LogP contribution is 2.35. The molecule has 1 nitrogen and oxygen atoms in total. The monoisotopic (exact) mass is 317 g/mol. The molecule has 0 spiro atoms. The second kappa shape index (κ2) is 5.80. The second-order valence-electron chi connectivity index (χ2n) is 2.80. The van der Waals surface area contributed by atoms with Crippen molar-refractivity contribution in [2.45, 2.75) is 25.8 Å². The van der Waals surface area contributed by atoms with Crippen LogP contribution in [0, 0.1) is 0 Å². The van der Waals surface area contributed by atoms with Crippen molar-refractivity contribution in [3.8, 4) is 0 Å². The summed E-state index contributed by atoms with van der Waals surface area (Å²) in [5, 5.41) is 0. The summed E-state index contributed by atoms with van der Waals surface area (Å²) < 4.78 is 1.59. The van der Waals surface area contributed by atoms with Crippen LogP contribution in [-0.4, -0.2) is 24.3 Å². The Kier molecular flexibility index (Phi) is 6.62. The fourth-order valence-electron chi connectivity index (χ4n) is 0.743. The molecule has 0 fully saturated rings. The van der Waals surface area contributed by atoms with Crippen LogP contribution in [0.25, 0.3) is 0 Å². The van der Waals surface area contributed by atoms with Crippen LogP contribution in [0.3, 0.4) is 0 Å². The van der Waals surface area contributed by atoms with E-state index in [4.69, 9.17) is 55.4 Å². The molecule has 0 rings (SSSR count). The van der Waals surface area contributed by atoms with E-state index in [0.717, 1.165) is 18.9 Å². The molecule has 0 aliphatic carbocycles. The Labute approximate surface area is 105 Å². The predicted molar refractivity (Wildman–Crippen MR) is 68.3 cm³/mol. The lowest BCUT2D eigenvalue weighted by Gasteiger charge is -2.32. The van der Waals surface area contributed by atoms with Crippen LogP contribution in [-0.2, 0) is 0 Å². The zero-order valence-electron chi connectivity index (χ0n) is 7.46. The van der Waals surface area contributed by atoms with Gasteiger partial charge in [0.1, 0.15) is 0 Å². The number of halogens is 5. The van der Waals surface area contributed by atoms with E-state index in [2.05, 4.69) is 6.92 Å². The Hall–Kier alpha value is 1.84. The standard InChI is InChI=1S/C5H12Cl5NSi2/c1-3-4-5-12(6,7)11(2)13(8,9)10/h3-5H2,1-2H3. The van der Waals surface area contributed by atoms with E-state index in [-0.39, 0.29) is 0 Å². The quantitative estimate of drug-likeness (QED) is 0.540. The molecule has 0 unspecified atom stereocenters. The number of hydrogen-bond donors (Lipinski definition) is 0. The molecule has 13 heavy (non-hydrogen) atoms. The Morgan fingerprint density at radius 1 is 1.08 bits per heavy atom. The molecule has 0 aliphatic rings. The molecule has 0 aromatic carbocycles. The fourth-order valence-corrected chi connectivity index (χ4v) is 13.0. The molecule has 0 saturated carbocycles. The lowest BCUT2D eigenvalue weighted by molar-refractivity contribution is 0.787. The Balaban J connectivity index is 4.27. The van der Waals surface area contributed by atoms with Crippen molar-refractivity contribution in [3.05, 3.63) is 0 Å². The van der Waals surface area contributed by atoms with Gasteiger partial charge >= 0.3 is 13.0 Å². The number of hydrogen-bond acceptors (Lipinski definition) is 1. The van der Waals surface area contributed by atoms with Crippen molar-refractivity contribution in [1.29, 1.82) is 0 Å². The molecule has 0 atom stereocenters. The highest BCUT2D eigenvalue weighted by Gasteiger charge is 2.46. The molecule has 0 aromatic heterocycles. The van der Waals surface area contributed by atoms with Crippen LogP contribution in [0.15, 0.2) is 0 Å². The van der Waals surface area contributed by atoms with Crippen molar-refractivity contribution in [1.82, 2.24) is 4.23 Å². The average Bonchev–Trinajstić information content (AvgIpc) is 1.98. The highest BCUT2D eigenvalue weighted by atomic mass is 35.8. The minimum atomic E-state index is -2.90. The maximum absolute atomic E-state index is 6.16. The summed E-state index contributed by atoms with van der Waals surface area (Å²) in [5.74, 6) is 0. The summed E-state index contributed by atoms with van der Waals surface area (Å²) in [4.78, 5) is 0. The normalized spacial score (nSPS) is 13.8. The molecule has 0 bridgehead atoms. The van der Waals surface area contributed by atoms with Gasteiger partial charge in [-0.05, 0) is 13.1 Å². The average molecular weight is 320 g/mol. The fraction of sp³-hybridized carbons (Fsp3) is 1.00. The lowest BCUT2D eigenvalue weighted by atomic mass is 10.4. The van der Waals surface area contributed by atoms with Crippen LogP contribution < -0.4 is 0 Å². The van der Waals surface area contributed by atoms with E-state index in [1.54, 1.807) is 11.3 Å². The van der Waals surface area contributed by atoms with Gasteiger partial charge in [-0.2, -0.15) is 0 Å². The van der Waals surface area contributed by atoms with Crippen LogP contribution in [0.4, 0.5) is 0 Å². The maximum Gasteiger partial charge on any atom is 0.419 e. The van der Waals surface area contributed by atoms with Gasteiger partial charge in [-0.3, -0.25) is 4.23 Å². The van der Waals surface area contributed by atoms with Crippen LogP contribution in [0.5, 0.6) is 0 Å². The molecular formula is C5H12Cl5NSi2. The van der Waals surface area contributed by atoms with Crippen molar-refractivity contribution >= 4 is 68.4 Å². The number of unbranched alkanes of at least 4 members (excludes halogenated alkanes) is 1. The smallest absolute Gasteiger partial charge is 0.288 e. The van der Waals surface area contributed by atoms with Gasteiger partial charge < -0.3 is 0 Å². The molecule has 0 heterocycles. The van der Waals surface area contributed by atoms with Gasteiger partial charge in [-0.1, -0.05) is 19.8 Å². The first-order valence-corrected chi connectivity index (χ1v) is 13.1. The predicted octanol–water partition coefficient (Wildman–Crippen LogP) is 4.29. The summed E-state index contributed by atoms with van der Waals surface area (Å²) >= 11 is 29.7. The van der Waals surface area contributed by atoms with Gasteiger partial charge in [0.05, 0.1) is 0 Å². The van der Waals surface area contributed by atoms with E-state index in [9.17, 15) is 0 Å². The Bertz CT molecular complexity index is 159. The van der Waals surface area contributed by atoms with Crippen molar-refractivity contribution in [2.24, 2.45) is 0 Å². The van der Waals surface area contributed by atoms with Crippen LogP contribution >= 0.6 is 55.4 Å². The van der Waals surface area contributed by atoms with E-state index in [0.29, 0.717) is 0 Å². The van der Waals surface area contributed by atoms with Gasteiger partial charge in [0.25, 0.3) is 0 Å². The van der Waals surface area contributed by atoms with Crippen molar-refractivity contribution in [3.63, 3.8) is 0 Å². The van der Waals surface area contributed by atoms with Crippen molar-refractivity contribution < 1.29 is 0 Å². The summed E-state index contributed by atoms with van der Waals surface area (Å²) in [5.41, 5.74) is 0. The topological polar surface area (TPSA) is 3.24 Å². The maximum atomic E-state index is 6.16. The van der Waals surface area contributed by atoms with Gasteiger partial charge in [0.2, 0.25) is 0 Å². The summed E-state index contributed by atoms with van der Waals surface area (Å²) in [6.07, 6.45) is -0.882. The van der Waals surface area contributed by atoms with Crippen LogP contribution in [0.1, 0.15) is 19.8 Å². The third-order valence-corrected chi connectivity index (χ3v) is 13.6. The lowest BCUT2D eigenvalue weighted by Crippen LogP contribution is -2.51. The van der Waals surface area contributed by atoms with E-state index < -0.39 is 13.0 Å². The largest absolute Gasteiger partial charge is 0.419 e. The van der Waals surface area contributed by atoms with E-state index in [1.165, 1.54) is 0 Å². The van der Waals surface area contributed by atoms with Gasteiger partial charge in [-0.25, -0.2) is 0 Å². The van der Waals surface area contributed by atoms with Gasteiger partial charge in [0, 0.05) is 0 Å². The summed E-state index contributed by atoms with van der Waals surface area (Å²) in [6, 6.07) is 0.740. The molecule has 0 aromatic rings. The van der Waals surface area contributed by atoms with Crippen LogP contribution in [0.2, 0.25) is 6.04 Å². The Morgan fingerprint density at radius 3 is 1.85 bits per heavy atom. The first-order valence-electron chi connectivity index (χ1n) is 3.90. The van der Waals surface area contributed by atoms with Crippen molar-refractivity contribution in [2.75, 3.05) is 7.05 Å². The minimum Gasteiger partial charge on any atom is -0.288 e. The van der Waals surface area contributed by atoms with E-state index >= 15 is 0 Å². The number of rotatable bonds is 5. The first-order chi connectivity index (χ1) is 5.72. The zero-order chi connectivity index (χ0) is 10.7. The molecule has 0 amide bonds. The molecule has 80 valence electrons. The zero-order valence-corrected chi connectivity index (χ0v) is 13.2. The minimum absolute atomic E-state index is 0.740. The number of nitrogens with zero attached hydrogens (tertiary/aromatic N) is 1. The third-order valence-electron chi connectivity index (χ3n) is 1.70. The molecule has 0 radical (unpaired) electrons. The SMILES string of the molecule is CCCC[Si](Cl)(Cl)N(C)[Si](Cl)(Cl)Cl. The highest BCUT2D eigenvalue weighted by molar-refractivity contribution is 7.67.